The van der Waals surface area contributed by atoms with E-state index in [1.807, 2.05) is 78.8 Å². The smallest absolute Gasteiger partial charge is 0.410 e. The SMILES string of the molecule is Cc1nc(C(=O)N[C@@H]2CCN(C(=O)OC(C)(C)C)C2)ccc1-c1ccc(C[C@H](NC(=O)C2CCC(CNC(=O)OC(C)(C)C)CC2)C(=O)Nc2ccc(-c3nn[nH]n3)cc2)cc1. The number of aromatic nitrogens is 5. The number of carbonyl (C=O) groups excluding carboxylic acids is 5. The average molecular weight is 851 g/mol. The van der Waals surface area contributed by atoms with Crippen LogP contribution in [0.15, 0.2) is 60.7 Å². The summed E-state index contributed by atoms with van der Waals surface area (Å²) in [6, 6.07) is 17.2. The van der Waals surface area contributed by atoms with E-state index in [9.17, 15) is 24.0 Å². The van der Waals surface area contributed by atoms with Gasteiger partial charge in [0, 0.05) is 60.5 Å². The third-order valence-corrected chi connectivity index (χ3v) is 10.7. The minimum Gasteiger partial charge on any atom is -0.444 e. The van der Waals surface area contributed by atoms with Gasteiger partial charge in [-0.2, -0.15) is 5.21 Å². The lowest BCUT2D eigenvalue weighted by Crippen LogP contribution is -2.48. The van der Waals surface area contributed by atoms with Crippen molar-refractivity contribution in [2.24, 2.45) is 11.8 Å². The van der Waals surface area contributed by atoms with Crippen molar-refractivity contribution < 1.29 is 33.4 Å². The van der Waals surface area contributed by atoms with Gasteiger partial charge in [-0.3, -0.25) is 14.4 Å². The van der Waals surface area contributed by atoms with Crippen molar-refractivity contribution in [1.29, 1.82) is 0 Å². The summed E-state index contributed by atoms with van der Waals surface area (Å²) in [6.45, 7) is 14.1. The molecule has 1 aliphatic heterocycles. The van der Waals surface area contributed by atoms with E-state index in [2.05, 4.69) is 46.9 Å². The fourth-order valence-corrected chi connectivity index (χ4v) is 7.56. The quantitative estimate of drug-likeness (QED) is 0.112. The highest BCUT2D eigenvalue weighted by molar-refractivity contribution is 5.98. The highest BCUT2D eigenvalue weighted by atomic mass is 16.6. The van der Waals surface area contributed by atoms with E-state index in [-0.39, 0.29) is 47.7 Å². The first-order valence-electron chi connectivity index (χ1n) is 21.2. The molecule has 0 radical (unpaired) electrons. The molecular weight excluding hydrogens is 793 g/mol. The van der Waals surface area contributed by atoms with E-state index in [1.54, 1.807) is 35.2 Å². The van der Waals surface area contributed by atoms with Crippen LogP contribution in [0.2, 0.25) is 0 Å². The molecule has 2 aliphatic rings. The largest absolute Gasteiger partial charge is 0.444 e. The molecular formula is C45H58N10O7. The van der Waals surface area contributed by atoms with Crippen molar-refractivity contribution in [3.05, 3.63) is 77.6 Å². The van der Waals surface area contributed by atoms with Crippen molar-refractivity contribution in [3.63, 3.8) is 0 Å². The summed E-state index contributed by atoms with van der Waals surface area (Å²) in [6.07, 6.45) is 2.78. The first kappa shape index (κ1) is 45.1. The fraction of sp³-hybridized carbons (Fsp3) is 0.489. The molecule has 4 aromatic rings. The number of likely N-dealkylation sites (tertiary alicyclic amines) is 1. The van der Waals surface area contributed by atoms with Gasteiger partial charge < -0.3 is 35.6 Å². The molecule has 17 heteroatoms. The Morgan fingerprint density at radius 3 is 2.15 bits per heavy atom. The van der Waals surface area contributed by atoms with Crippen LogP contribution >= 0.6 is 0 Å². The molecule has 17 nitrogen and oxygen atoms in total. The van der Waals surface area contributed by atoms with Gasteiger partial charge in [0.2, 0.25) is 17.6 Å². The Bertz CT molecular complexity index is 2190. The molecule has 0 spiro atoms. The predicted octanol–water partition coefficient (Wildman–Crippen LogP) is 5.97. The Morgan fingerprint density at radius 2 is 1.52 bits per heavy atom. The van der Waals surface area contributed by atoms with Gasteiger partial charge in [-0.1, -0.05) is 30.3 Å². The number of benzene rings is 2. The fourth-order valence-electron chi connectivity index (χ4n) is 7.56. The van der Waals surface area contributed by atoms with Gasteiger partial charge in [0.1, 0.15) is 22.9 Å². The number of carbonyl (C=O) groups is 5. The normalized spacial score (nSPS) is 18.3. The topological polar surface area (TPSA) is 223 Å². The van der Waals surface area contributed by atoms with Gasteiger partial charge in [-0.05, 0) is 133 Å². The molecule has 2 aromatic carbocycles. The third-order valence-electron chi connectivity index (χ3n) is 10.7. The van der Waals surface area contributed by atoms with Crippen LogP contribution in [0.1, 0.15) is 95.4 Å². The number of alkyl carbamates (subject to hydrolysis) is 1. The minimum atomic E-state index is -0.880. The second-order valence-electron chi connectivity index (χ2n) is 18.1. The molecule has 330 valence electrons. The van der Waals surface area contributed by atoms with E-state index >= 15 is 0 Å². The van der Waals surface area contributed by atoms with Gasteiger partial charge in [-0.15, -0.1) is 10.2 Å². The second kappa shape index (κ2) is 19.5. The van der Waals surface area contributed by atoms with Crippen molar-refractivity contribution in [2.45, 2.75) is 110 Å². The standard InChI is InChI=1S/C45H58N10O7/c1-27-35(20-21-36(47-27)40(57)49-34-22-23-55(26-34)43(60)62-45(5,6)7)30-12-8-28(9-13-30)24-37(41(58)48-33-18-16-31(17-19-33)38-51-53-54-52-38)50-39(56)32-14-10-29(11-15-32)25-46-42(59)61-44(2,3)4/h8-9,12-13,16-21,29,32,34,37H,10-11,14-15,22-26H2,1-7H3,(H,46,59)(H,48,58)(H,49,57)(H,50,56)(H,51,52,53,54)/t29?,32?,34-,37+/m1/s1. The zero-order chi connectivity index (χ0) is 44.6. The van der Waals surface area contributed by atoms with Gasteiger partial charge in [0.25, 0.3) is 5.91 Å². The first-order valence-corrected chi connectivity index (χ1v) is 21.2. The van der Waals surface area contributed by atoms with Crippen LogP contribution in [0, 0.1) is 18.8 Å². The zero-order valence-electron chi connectivity index (χ0n) is 36.5. The molecule has 1 saturated heterocycles. The maximum Gasteiger partial charge on any atom is 0.410 e. The van der Waals surface area contributed by atoms with Crippen LogP contribution < -0.4 is 21.3 Å². The molecule has 6 rings (SSSR count). The highest BCUT2D eigenvalue weighted by Gasteiger charge is 2.32. The lowest BCUT2D eigenvalue weighted by atomic mass is 9.81. The Kier molecular flexibility index (Phi) is 14.2. The van der Waals surface area contributed by atoms with Crippen molar-refractivity contribution in [1.82, 2.24) is 46.5 Å². The number of aromatic amines is 1. The lowest BCUT2D eigenvalue weighted by Gasteiger charge is -2.29. The number of hydrogen-bond acceptors (Lipinski definition) is 11. The van der Waals surface area contributed by atoms with Crippen LogP contribution in [0.3, 0.4) is 0 Å². The van der Waals surface area contributed by atoms with Gasteiger partial charge in [-0.25, -0.2) is 14.6 Å². The maximum absolute atomic E-state index is 13.9. The van der Waals surface area contributed by atoms with Gasteiger partial charge in [0.05, 0.1) is 0 Å². The minimum absolute atomic E-state index is 0.188. The van der Waals surface area contributed by atoms with Gasteiger partial charge in [0.15, 0.2) is 0 Å². The van der Waals surface area contributed by atoms with E-state index in [0.717, 1.165) is 35.1 Å². The number of nitrogens with one attached hydrogen (secondary N) is 5. The maximum atomic E-state index is 13.9. The lowest BCUT2D eigenvalue weighted by molar-refractivity contribution is -0.130. The predicted molar refractivity (Wildman–Crippen MR) is 232 cm³/mol. The zero-order valence-corrected chi connectivity index (χ0v) is 36.5. The molecule has 1 saturated carbocycles. The number of anilines is 1. The number of ether oxygens (including phenoxy) is 2. The molecule has 3 heterocycles. The summed E-state index contributed by atoms with van der Waals surface area (Å²) in [5.74, 6) is -0.495. The average Bonchev–Trinajstić information content (AvgIpc) is 3.93. The summed E-state index contributed by atoms with van der Waals surface area (Å²) in [7, 11) is 0. The van der Waals surface area contributed by atoms with Crippen molar-refractivity contribution in [2.75, 3.05) is 25.0 Å². The number of pyridine rings is 1. The molecule has 62 heavy (non-hydrogen) atoms. The Balaban J connectivity index is 1.08. The van der Waals surface area contributed by atoms with Crippen molar-refractivity contribution in [3.8, 4) is 22.5 Å². The molecule has 2 aromatic heterocycles. The molecule has 0 unspecified atom stereocenters. The third kappa shape index (κ3) is 12.8. The van der Waals surface area contributed by atoms with Crippen LogP contribution in [0.25, 0.3) is 22.5 Å². The van der Waals surface area contributed by atoms with E-state index in [4.69, 9.17) is 9.47 Å². The number of aryl methyl sites for hydroxylation is 1. The highest BCUT2D eigenvalue weighted by Crippen LogP contribution is 2.29. The molecule has 5 amide bonds. The second-order valence-corrected chi connectivity index (χ2v) is 18.1. The summed E-state index contributed by atoms with van der Waals surface area (Å²) in [5, 5.41) is 25.9. The molecule has 0 bridgehead atoms. The molecule has 5 N–H and O–H groups in total. The Hall–Kier alpha value is -6.39. The number of hydrogen-bond donors (Lipinski definition) is 5. The summed E-state index contributed by atoms with van der Waals surface area (Å²) >= 11 is 0. The Morgan fingerprint density at radius 1 is 0.839 bits per heavy atom. The van der Waals surface area contributed by atoms with E-state index in [1.165, 1.54) is 0 Å². The van der Waals surface area contributed by atoms with E-state index in [0.29, 0.717) is 56.1 Å². The Labute approximate surface area is 361 Å². The monoisotopic (exact) mass is 850 g/mol. The number of H-pyrrole nitrogens is 1. The summed E-state index contributed by atoms with van der Waals surface area (Å²) in [4.78, 5) is 71.7. The number of nitrogens with zero attached hydrogens (tertiary/aromatic N) is 5. The van der Waals surface area contributed by atoms with Crippen molar-refractivity contribution >= 4 is 35.6 Å². The van der Waals surface area contributed by atoms with Crippen LogP contribution in [-0.2, 0) is 25.5 Å². The number of rotatable bonds is 12. The van der Waals surface area contributed by atoms with Crippen LogP contribution in [-0.4, -0.2) is 103 Å². The number of amides is 5. The molecule has 1 aliphatic carbocycles. The van der Waals surface area contributed by atoms with Gasteiger partial charge >= 0.3 is 12.2 Å². The van der Waals surface area contributed by atoms with E-state index < -0.39 is 29.4 Å². The number of tetrazole rings is 1. The molecule has 2 atom stereocenters. The van der Waals surface area contributed by atoms with Crippen LogP contribution in [0.5, 0.6) is 0 Å². The first-order chi connectivity index (χ1) is 29.4. The molecule has 2 fully saturated rings. The summed E-state index contributed by atoms with van der Waals surface area (Å²) < 4.78 is 10.8. The van der Waals surface area contributed by atoms with Crippen LogP contribution in [0.4, 0.5) is 15.3 Å². The summed E-state index contributed by atoms with van der Waals surface area (Å²) in [5.41, 5.74) is 3.57.